The van der Waals surface area contributed by atoms with Crippen LogP contribution < -0.4 is 0 Å². The molecule has 3 rings (SSSR count). The highest BCUT2D eigenvalue weighted by atomic mass is 16.3. The number of hydrogen-bond acceptors (Lipinski definition) is 2. The Morgan fingerprint density at radius 2 is 1.46 bits per heavy atom. The predicted octanol–water partition coefficient (Wildman–Crippen LogP) is 6.48. The third kappa shape index (κ3) is 3.54. The highest BCUT2D eigenvalue weighted by molar-refractivity contribution is 5.59. The van der Waals surface area contributed by atoms with Gasteiger partial charge in [0.05, 0.1) is 0 Å². The lowest BCUT2D eigenvalue weighted by Gasteiger charge is -2.31. The van der Waals surface area contributed by atoms with Crippen molar-refractivity contribution in [3.63, 3.8) is 0 Å². The molecule has 152 valence electrons. The molecule has 1 aliphatic carbocycles. The van der Waals surface area contributed by atoms with E-state index >= 15 is 0 Å². The Hall–Kier alpha value is -1.96. The monoisotopic (exact) mass is 380 g/mol. The second-order valence-corrected chi connectivity index (χ2v) is 10.4. The van der Waals surface area contributed by atoms with E-state index in [0.29, 0.717) is 23.3 Å². The fraction of sp³-hybridized carbons (Fsp3) is 0.538. The molecule has 0 spiro atoms. The molecule has 1 atom stereocenters. The highest BCUT2D eigenvalue weighted by Crippen LogP contribution is 2.55. The standard InChI is InChI=1S/C26H36O2/c1-16(2)12-18-14-19(8-10-22(18)27)26(7)15-25(5,6)21-9-11-23(28)20(24(21)26)13-17(3)4/h8-11,14,16-17,27-28H,12-13,15H2,1-7H3. The van der Waals surface area contributed by atoms with Gasteiger partial charge < -0.3 is 10.2 Å². The van der Waals surface area contributed by atoms with E-state index in [-0.39, 0.29) is 10.8 Å². The minimum atomic E-state index is -0.179. The second-order valence-electron chi connectivity index (χ2n) is 10.4. The van der Waals surface area contributed by atoms with E-state index in [9.17, 15) is 10.2 Å². The molecule has 2 aromatic rings. The maximum Gasteiger partial charge on any atom is 0.119 e. The summed E-state index contributed by atoms with van der Waals surface area (Å²) >= 11 is 0. The summed E-state index contributed by atoms with van der Waals surface area (Å²) in [6.07, 6.45) is 2.73. The average molecular weight is 381 g/mol. The summed E-state index contributed by atoms with van der Waals surface area (Å²) in [4.78, 5) is 0. The summed E-state index contributed by atoms with van der Waals surface area (Å²) in [5, 5.41) is 21.1. The number of phenolic OH excluding ortho intramolecular Hbond substituents is 2. The Labute approximate surface area is 170 Å². The summed E-state index contributed by atoms with van der Waals surface area (Å²) in [5.74, 6) is 1.76. The SMILES string of the molecule is CC(C)Cc1cc(C2(C)CC(C)(C)c3ccc(O)c(CC(C)C)c32)ccc1O. The zero-order chi connectivity index (χ0) is 20.9. The molecule has 1 aliphatic rings. The van der Waals surface area contributed by atoms with Crippen LogP contribution in [0, 0.1) is 11.8 Å². The van der Waals surface area contributed by atoms with Gasteiger partial charge in [0.25, 0.3) is 0 Å². The van der Waals surface area contributed by atoms with Crippen molar-refractivity contribution < 1.29 is 10.2 Å². The van der Waals surface area contributed by atoms with Crippen molar-refractivity contribution in [3.05, 3.63) is 58.1 Å². The van der Waals surface area contributed by atoms with Gasteiger partial charge in [-0.25, -0.2) is 0 Å². The lowest BCUT2D eigenvalue weighted by atomic mass is 9.72. The van der Waals surface area contributed by atoms with Gasteiger partial charge in [-0.2, -0.15) is 0 Å². The smallest absolute Gasteiger partial charge is 0.119 e. The molecule has 0 aliphatic heterocycles. The Balaban J connectivity index is 2.23. The normalized spacial score (nSPS) is 20.8. The van der Waals surface area contributed by atoms with Crippen molar-refractivity contribution in [1.29, 1.82) is 0 Å². The van der Waals surface area contributed by atoms with Crippen molar-refractivity contribution >= 4 is 0 Å². The Bertz CT molecular complexity index is 876. The summed E-state index contributed by atoms with van der Waals surface area (Å²) in [5.41, 5.74) is 5.86. The molecule has 2 aromatic carbocycles. The Morgan fingerprint density at radius 3 is 2.07 bits per heavy atom. The highest BCUT2D eigenvalue weighted by Gasteiger charge is 2.47. The van der Waals surface area contributed by atoms with E-state index in [2.05, 4.69) is 66.7 Å². The molecule has 2 nitrogen and oxygen atoms in total. The zero-order valence-corrected chi connectivity index (χ0v) is 18.6. The van der Waals surface area contributed by atoms with Crippen LogP contribution in [-0.2, 0) is 23.7 Å². The molecule has 0 heterocycles. The Morgan fingerprint density at radius 1 is 0.857 bits per heavy atom. The molecule has 0 saturated carbocycles. The van der Waals surface area contributed by atoms with E-state index < -0.39 is 0 Å². The quantitative estimate of drug-likeness (QED) is 0.623. The van der Waals surface area contributed by atoms with Crippen LogP contribution >= 0.6 is 0 Å². The summed E-state index contributed by atoms with van der Waals surface area (Å²) < 4.78 is 0. The van der Waals surface area contributed by atoms with Crippen LogP contribution in [0.2, 0.25) is 0 Å². The van der Waals surface area contributed by atoms with Crippen molar-refractivity contribution in [2.75, 3.05) is 0 Å². The van der Waals surface area contributed by atoms with Gasteiger partial charge in [0.2, 0.25) is 0 Å². The van der Waals surface area contributed by atoms with Crippen LogP contribution in [0.1, 0.15) is 82.7 Å². The molecule has 0 amide bonds. The first-order chi connectivity index (χ1) is 13.0. The number of phenols is 2. The zero-order valence-electron chi connectivity index (χ0n) is 18.6. The molecule has 2 N–H and O–H groups in total. The number of benzene rings is 2. The van der Waals surface area contributed by atoms with Gasteiger partial charge >= 0.3 is 0 Å². The van der Waals surface area contributed by atoms with Gasteiger partial charge in [-0.1, -0.05) is 66.7 Å². The van der Waals surface area contributed by atoms with Gasteiger partial charge in [0, 0.05) is 5.41 Å². The van der Waals surface area contributed by atoms with Gasteiger partial charge in [-0.3, -0.25) is 0 Å². The van der Waals surface area contributed by atoms with Gasteiger partial charge in [-0.05, 0) is 76.5 Å². The van der Waals surface area contributed by atoms with E-state index in [1.165, 1.54) is 16.7 Å². The third-order valence-corrected chi connectivity index (χ3v) is 6.32. The number of fused-ring (bicyclic) bond motifs is 1. The summed E-state index contributed by atoms with van der Waals surface area (Å²) in [6, 6.07) is 10.1. The van der Waals surface area contributed by atoms with Crippen LogP contribution in [0.4, 0.5) is 0 Å². The first kappa shape index (κ1) is 20.8. The molecule has 2 heteroatoms. The van der Waals surface area contributed by atoms with Crippen LogP contribution in [0.25, 0.3) is 0 Å². The number of aromatic hydroxyl groups is 2. The molecule has 0 bridgehead atoms. The molecule has 1 unspecified atom stereocenters. The summed E-state index contributed by atoms with van der Waals surface area (Å²) in [6.45, 7) is 15.7. The topological polar surface area (TPSA) is 40.5 Å². The molecular weight excluding hydrogens is 344 g/mol. The van der Waals surface area contributed by atoms with E-state index in [1.807, 2.05) is 12.1 Å². The van der Waals surface area contributed by atoms with Crippen molar-refractivity contribution in [3.8, 4) is 11.5 Å². The Kier molecular flexibility index (Phi) is 5.29. The second kappa shape index (κ2) is 7.13. The molecule has 0 fully saturated rings. The summed E-state index contributed by atoms with van der Waals surface area (Å²) in [7, 11) is 0. The van der Waals surface area contributed by atoms with E-state index in [0.717, 1.165) is 30.4 Å². The number of hydrogen-bond donors (Lipinski definition) is 2. The van der Waals surface area contributed by atoms with Crippen LogP contribution in [0.5, 0.6) is 11.5 Å². The maximum atomic E-state index is 10.8. The molecule has 0 saturated heterocycles. The lowest BCUT2D eigenvalue weighted by molar-refractivity contribution is 0.419. The van der Waals surface area contributed by atoms with Crippen molar-refractivity contribution in [2.24, 2.45) is 11.8 Å². The third-order valence-electron chi connectivity index (χ3n) is 6.32. The largest absolute Gasteiger partial charge is 0.508 e. The first-order valence-corrected chi connectivity index (χ1v) is 10.6. The van der Waals surface area contributed by atoms with E-state index in [1.54, 1.807) is 0 Å². The van der Waals surface area contributed by atoms with Crippen molar-refractivity contribution in [1.82, 2.24) is 0 Å². The van der Waals surface area contributed by atoms with Gasteiger partial charge in [-0.15, -0.1) is 0 Å². The van der Waals surface area contributed by atoms with Crippen LogP contribution in [0.15, 0.2) is 30.3 Å². The van der Waals surface area contributed by atoms with Crippen molar-refractivity contribution in [2.45, 2.75) is 78.6 Å². The molecule has 0 aromatic heterocycles. The molecule has 28 heavy (non-hydrogen) atoms. The number of rotatable bonds is 5. The maximum absolute atomic E-state index is 10.8. The van der Waals surface area contributed by atoms with Crippen LogP contribution in [0.3, 0.4) is 0 Å². The minimum absolute atomic E-state index is 0.0413. The lowest BCUT2D eigenvalue weighted by Crippen LogP contribution is -2.25. The fourth-order valence-electron chi connectivity index (χ4n) is 5.29. The van der Waals surface area contributed by atoms with E-state index in [4.69, 9.17) is 0 Å². The predicted molar refractivity (Wildman–Crippen MR) is 117 cm³/mol. The molecular formula is C26H36O2. The molecule has 0 radical (unpaired) electrons. The fourth-order valence-corrected chi connectivity index (χ4v) is 5.29. The van der Waals surface area contributed by atoms with Gasteiger partial charge in [0.1, 0.15) is 11.5 Å². The van der Waals surface area contributed by atoms with Crippen LogP contribution in [-0.4, -0.2) is 10.2 Å². The average Bonchev–Trinajstić information content (AvgIpc) is 2.78. The van der Waals surface area contributed by atoms with Gasteiger partial charge in [0.15, 0.2) is 0 Å². The minimum Gasteiger partial charge on any atom is -0.508 e. The first-order valence-electron chi connectivity index (χ1n) is 10.6.